The van der Waals surface area contributed by atoms with Crippen LogP contribution in [0.5, 0.6) is 0 Å². The van der Waals surface area contributed by atoms with Gasteiger partial charge in [-0.25, -0.2) is 0 Å². The Balaban J connectivity index is 2.52. The van der Waals surface area contributed by atoms with Crippen molar-refractivity contribution in [3.05, 3.63) is 0 Å². The lowest BCUT2D eigenvalue weighted by atomic mass is 9.74. The van der Waals surface area contributed by atoms with Crippen LogP contribution in [0.4, 0.5) is 0 Å². The SMILES string of the molecule is CC1CC(C)C(CO)C(O)C1. The summed E-state index contributed by atoms with van der Waals surface area (Å²) in [5.74, 6) is 1.20. The summed E-state index contributed by atoms with van der Waals surface area (Å²) < 4.78 is 0. The Kier molecular flexibility index (Phi) is 2.90. The van der Waals surface area contributed by atoms with Gasteiger partial charge in [-0.3, -0.25) is 0 Å². The van der Waals surface area contributed by atoms with E-state index in [1.807, 2.05) is 0 Å². The van der Waals surface area contributed by atoms with E-state index in [1.54, 1.807) is 0 Å². The molecule has 2 nitrogen and oxygen atoms in total. The molecule has 0 heterocycles. The first-order valence-corrected chi connectivity index (χ1v) is 4.44. The number of aliphatic hydroxyl groups is 2. The highest BCUT2D eigenvalue weighted by molar-refractivity contribution is 4.81. The summed E-state index contributed by atoms with van der Waals surface area (Å²) in [5.41, 5.74) is 0. The Morgan fingerprint density at radius 1 is 1.27 bits per heavy atom. The van der Waals surface area contributed by atoms with Gasteiger partial charge in [0, 0.05) is 12.5 Å². The largest absolute Gasteiger partial charge is 0.396 e. The van der Waals surface area contributed by atoms with Gasteiger partial charge in [0.25, 0.3) is 0 Å². The number of rotatable bonds is 1. The van der Waals surface area contributed by atoms with E-state index < -0.39 is 0 Å². The number of hydrogen-bond donors (Lipinski definition) is 2. The van der Waals surface area contributed by atoms with E-state index in [0.29, 0.717) is 11.8 Å². The minimum absolute atomic E-state index is 0.117. The third kappa shape index (κ3) is 1.94. The Morgan fingerprint density at radius 2 is 1.91 bits per heavy atom. The average Bonchev–Trinajstić information content (AvgIpc) is 1.85. The van der Waals surface area contributed by atoms with E-state index in [4.69, 9.17) is 5.11 Å². The minimum Gasteiger partial charge on any atom is -0.396 e. The highest BCUT2D eigenvalue weighted by Crippen LogP contribution is 2.33. The first kappa shape index (κ1) is 9.01. The summed E-state index contributed by atoms with van der Waals surface area (Å²) >= 11 is 0. The van der Waals surface area contributed by atoms with Crippen LogP contribution >= 0.6 is 0 Å². The van der Waals surface area contributed by atoms with Crippen molar-refractivity contribution >= 4 is 0 Å². The summed E-state index contributed by atoms with van der Waals surface area (Å²) in [6.45, 7) is 4.40. The fourth-order valence-corrected chi connectivity index (χ4v) is 2.17. The second kappa shape index (κ2) is 3.55. The topological polar surface area (TPSA) is 40.5 Å². The van der Waals surface area contributed by atoms with Crippen LogP contribution in [0.2, 0.25) is 0 Å². The van der Waals surface area contributed by atoms with Gasteiger partial charge in [0.1, 0.15) is 0 Å². The molecule has 0 aromatic carbocycles. The average molecular weight is 158 g/mol. The smallest absolute Gasteiger partial charge is 0.0595 e. The molecular formula is C9H18O2. The fraction of sp³-hybridized carbons (Fsp3) is 1.00. The Hall–Kier alpha value is -0.0800. The van der Waals surface area contributed by atoms with Gasteiger partial charge < -0.3 is 10.2 Å². The molecule has 0 amide bonds. The molecule has 4 atom stereocenters. The third-order valence-corrected chi connectivity index (χ3v) is 2.85. The van der Waals surface area contributed by atoms with Crippen molar-refractivity contribution in [1.82, 2.24) is 0 Å². The zero-order valence-corrected chi connectivity index (χ0v) is 7.33. The second-order valence-corrected chi connectivity index (χ2v) is 3.97. The molecule has 1 fully saturated rings. The molecule has 0 aromatic rings. The lowest BCUT2D eigenvalue weighted by Crippen LogP contribution is -2.36. The monoisotopic (exact) mass is 158 g/mol. The Labute approximate surface area is 68.2 Å². The van der Waals surface area contributed by atoms with Crippen LogP contribution in [0.15, 0.2) is 0 Å². The normalized spacial score (nSPS) is 45.8. The zero-order chi connectivity index (χ0) is 8.43. The maximum atomic E-state index is 9.55. The quantitative estimate of drug-likeness (QED) is 0.598. The molecule has 0 spiro atoms. The van der Waals surface area contributed by atoms with Gasteiger partial charge in [-0.1, -0.05) is 13.8 Å². The highest BCUT2D eigenvalue weighted by atomic mass is 16.3. The summed E-state index contributed by atoms with van der Waals surface area (Å²) in [5, 5.41) is 18.5. The highest BCUT2D eigenvalue weighted by Gasteiger charge is 2.31. The van der Waals surface area contributed by atoms with Gasteiger partial charge in [-0.15, -0.1) is 0 Å². The molecule has 0 bridgehead atoms. The lowest BCUT2D eigenvalue weighted by Gasteiger charge is -2.35. The third-order valence-electron chi connectivity index (χ3n) is 2.85. The van der Waals surface area contributed by atoms with E-state index in [1.165, 1.54) is 0 Å². The summed E-state index contributed by atoms with van der Waals surface area (Å²) in [6.07, 6.45) is 1.72. The van der Waals surface area contributed by atoms with Gasteiger partial charge in [0.2, 0.25) is 0 Å². The second-order valence-electron chi connectivity index (χ2n) is 3.97. The van der Waals surface area contributed by atoms with Crippen LogP contribution < -0.4 is 0 Å². The van der Waals surface area contributed by atoms with Crippen molar-refractivity contribution < 1.29 is 10.2 Å². The molecule has 0 aliphatic heterocycles. The molecule has 2 N–H and O–H groups in total. The van der Waals surface area contributed by atoms with Gasteiger partial charge in [-0.2, -0.15) is 0 Å². The first-order valence-electron chi connectivity index (χ1n) is 4.44. The summed E-state index contributed by atoms with van der Waals surface area (Å²) in [4.78, 5) is 0. The van der Waals surface area contributed by atoms with Gasteiger partial charge in [0.05, 0.1) is 6.10 Å². The van der Waals surface area contributed by atoms with Gasteiger partial charge in [0.15, 0.2) is 0 Å². The van der Waals surface area contributed by atoms with Crippen LogP contribution in [0.25, 0.3) is 0 Å². The van der Waals surface area contributed by atoms with Gasteiger partial charge in [-0.05, 0) is 24.7 Å². The summed E-state index contributed by atoms with van der Waals surface area (Å²) in [6, 6.07) is 0. The maximum absolute atomic E-state index is 9.55. The zero-order valence-electron chi connectivity index (χ0n) is 7.33. The standard InChI is InChI=1S/C9H18O2/c1-6-3-7(2)8(5-10)9(11)4-6/h6-11H,3-5H2,1-2H3. The Bertz CT molecular complexity index is 113. The predicted molar refractivity (Wildman–Crippen MR) is 44.1 cm³/mol. The van der Waals surface area contributed by atoms with E-state index in [9.17, 15) is 5.11 Å². The van der Waals surface area contributed by atoms with Crippen LogP contribution in [-0.4, -0.2) is 22.9 Å². The maximum Gasteiger partial charge on any atom is 0.0595 e. The van der Waals surface area contributed by atoms with Crippen molar-refractivity contribution in [3.63, 3.8) is 0 Å². The van der Waals surface area contributed by atoms with Crippen LogP contribution in [-0.2, 0) is 0 Å². The fourth-order valence-electron chi connectivity index (χ4n) is 2.17. The minimum atomic E-state index is -0.279. The number of hydrogen-bond acceptors (Lipinski definition) is 2. The predicted octanol–water partition coefficient (Wildman–Crippen LogP) is 1.02. The van der Waals surface area contributed by atoms with Crippen molar-refractivity contribution in [2.75, 3.05) is 6.61 Å². The molecule has 11 heavy (non-hydrogen) atoms. The van der Waals surface area contributed by atoms with Crippen molar-refractivity contribution in [2.24, 2.45) is 17.8 Å². The van der Waals surface area contributed by atoms with E-state index in [-0.39, 0.29) is 18.6 Å². The Morgan fingerprint density at radius 3 is 2.36 bits per heavy atom. The molecule has 4 unspecified atom stereocenters. The van der Waals surface area contributed by atoms with Crippen LogP contribution in [0.1, 0.15) is 26.7 Å². The first-order chi connectivity index (χ1) is 5.15. The molecule has 1 aliphatic carbocycles. The van der Waals surface area contributed by atoms with Crippen LogP contribution in [0, 0.1) is 17.8 Å². The molecule has 2 heteroatoms. The van der Waals surface area contributed by atoms with Crippen molar-refractivity contribution in [2.45, 2.75) is 32.8 Å². The molecule has 0 saturated heterocycles. The molecule has 1 aliphatic rings. The molecule has 1 rings (SSSR count). The van der Waals surface area contributed by atoms with Gasteiger partial charge >= 0.3 is 0 Å². The molecule has 66 valence electrons. The molecule has 0 radical (unpaired) electrons. The van der Waals surface area contributed by atoms with E-state index in [0.717, 1.165) is 12.8 Å². The van der Waals surface area contributed by atoms with E-state index >= 15 is 0 Å². The van der Waals surface area contributed by atoms with Crippen molar-refractivity contribution in [3.8, 4) is 0 Å². The van der Waals surface area contributed by atoms with Crippen LogP contribution in [0.3, 0.4) is 0 Å². The summed E-state index contributed by atoms with van der Waals surface area (Å²) in [7, 11) is 0. The molecule has 1 saturated carbocycles. The van der Waals surface area contributed by atoms with Crippen molar-refractivity contribution in [1.29, 1.82) is 0 Å². The number of aliphatic hydroxyl groups excluding tert-OH is 2. The lowest BCUT2D eigenvalue weighted by molar-refractivity contribution is -0.0117. The van der Waals surface area contributed by atoms with E-state index in [2.05, 4.69) is 13.8 Å². The molecular weight excluding hydrogens is 140 g/mol. The molecule has 0 aromatic heterocycles.